The third-order valence-corrected chi connectivity index (χ3v) is 4.89. The van der Waals surface area contributed by atoms with Crippen molar-refractivity contribution < 1.29 is 23.0 Å². The third-order valence-electron chi connectivity index (χ3n) is 4.89. The zero-order valence-corrected chi connectivity index (χ0v) is 14.8. The molecule has 27 heavy (non-hydrogen) atoms. The SMILES string of the molecule is O=C1CCc2cccc(C=Cc3ccc(OC(F)F)c(OCC4CC4)c3)c21. The number of benzene rings is 2. The first kappa shape index (κ1) is 17.7. The van der Waals surface area contributed by atoms with Crippen LogP contribution >= 0.6 is 0 Å². The maximum Gasteiger partial charge on any atom is 0.387 e. The highest BCUT2D eigenvalue weighted by Crippen LogP contribution is 2.35. The number of rotatable bonds is 7. The Kier molecular flexibility index (Phi) is 4.92. The Morgan fingerprint density at radius 3 is 2.70 bits per heavy atom. The highest BCUT2D eigenvalue weighted by molar-refractivity contribution is 6.04. The first-order chi connectivity index (χ1) is 13.1. The Morgan fingerprint density at radius 2 is 1.93 bits per heavy atom. The molecule has 140 valence electrons. The summed E-state index contributed by atoms with van der Waals surface area (Å²) < 4.78 is 35.5. The summed E-state index contributed by atoms with van der Waals surface area (Å²) in [6.45, 7) is -2.39. The quantitative estimate of drug-likeness (QED) is 0.614. The molecule has 2 aromatic rings. The summed E-state index contributed by atoms with van der Waals surface area (Å²) in [5.41, 5.74) is 3.54. The van der Waals surface area contributed by atoms with Gasteiger partial charge in [-0.25, -0.2) is 0 Å². The van der Waals surface area contributed by atoms with Crippen LogP contribution in [0.5, 0.6) is 11.5 Å². The van der Waals surface area contributed by atoms with Crippen molar-refractivity contribution in [3.63, 3.8) is 0 Å². The molecule has 1 saturated carbocycles. The number of carbonyl (C=O) groups excluding carboxylic acids is 1. The Labute approximate surface area is 156 Å². The van der Waals surface area contributed by atoms with Gasteiger partial charge in [-0.2, -0.15) is 8.78 Å². The molecule has 0 bridgehead atoms. The third kappa shape index (κ3) is 4.18. The van der Waals surface area contributed by atoms with Gasteiger partial charge in [0.05, 0.1) is 6.61 Å². The summed E-state index contributed by atoms with van der Waals surface area (Å²) in [5, 5.41) is 0. The fourth-order valence-electron chi connectivity index (χ4n) is 3.29. The lowest BCUT2D eigenvalue weighted by molar-refractivity contribution is -0.0515. The predicted molar refractivity (Wildman–Crippen MR) is 99.3 cm³/mol. The van der Waals surface area contributed by atoms with Crippen molar-refractivity contribution in [3.8, 4) is 11.5 Å². The number of ketones is 1. The largest absolute Gasteiger partial charge is 0.489 e. The van der Waals surface area contributed by atoms with Crippen LogP contribution in [0.1, 0.15) is 46.3 Å². The molecule has 0 heterocycles. The average Bonchev–Trinajstić information content (AvgIpc) is 3.41. The number of hydrogen-bond acceptors (Lipinski definition) is 3. The van der Waals surface area contributed by atoms with Gasteiger partial charge in [-0.05, 0) is 54.0 Å². The van der Waals surface area contributed by atoms with Crippen molar-refractivity contribution >= 4 is 17.9 Å². The van der Waals surface area contributed by atoms with Crippen LogP contribution < -0.4 is 9.47 Å². The summed E-state index contributed by atoms with van der Waals surface area (Å²) in [4.78, 5) is 12.1. The lowest BCUT2D eigenvalue weighted by Gasteiger charge is -2.12. The summed E-state index contributed by atoms with van der Waals surface area (Å²) >= 11 is 0. The number of hydrogen-bond donors (Lipinski definition) is 0. The Bertz CT molecular complexity index is 885. The molecule has 0 N–H and O–H groups in total. The molecule has 0 unspecified atom stereocenters. The highest BCUT2D eigenvalue weighted by atomic mass is 19.3. The molecule has 5 heteroatoms. The van der Waals surface area contributed by atoms with E-state index >= 15 is 0 Å². The number of carbonyl (C=O) groups is 1. The molecular weight excluding hydrogens is 350 g/mol. The first-order valence-corrected chi connectivity index (χ1v) is 9.15. The fraction of sp³-hybridized carbons (Fsp3) is 0.318. The van der Waals surface area contributed by atoms with Crippen molar-refractivity contribution in [1.29, 1.82) is 0 Å². The van der Waals surface area contributed by atoms with E-state index in [4.69, 9.17) is 4.74 Å². The van der Waals surface area contributed by atoms with Crippen LogP contribution in [0.4, 0.5) is 8.78 Å². The van der Waals surface area contributed by atoms with Gasteiger partial charge in [0, 0.05) is 12.0 Å². The number of aryl methyl sites for hydroxylation is 1. The van der Waals surface area contributed by atoms with Crippen molar-refractivity contribution in [1.82, 2.24) is 0 Å². The average molecular weight is 370 g/mol. The van der Waals surface area contributed by atoms with E-state index < -0.39 is 6.61 Å². The first-order valence-electron chi connectivity index (χ1n) is 9.15. The monoisotopic (exact) mass is 370 g/mol. The minimum atomic E-state index is -2.90. The molecule has 4 rings (SSSR count). The minimum absolute atomic E-state index is 0.0404. The van der Waals surface area contributed by atoms with Gasteiger partial charge in [0.15, 0.2) is 17.3 Å². The van der Waals surface area contributed by atoms with Gasteiger partial charge in [-0.1, -0.05) is 36.4 Å². The van der Waals surface area contributed by atoms with E-state index in [-0.39, 0.29) is 11.5 Å². The van der Waals surface area contributed by atoms with Crippen molar-refractivity contribution in [2.75, 3.05) is 6.61 Å². The molecule has 2 aliphatic rings. The molecule has 0 spiro atoms. The number of halogens is 2. The van der Waals surface area contributed by atoms with Crippen LogP contribution in [0.3, 0.4) is 0 Å². The van der Waals surface area contributed by atoms with Crippen molar-refractivity contribution in [3.05, 3.63) is 58.7 Å². The van der Waals surface area contributed by atoms with Crippen LogP contribution in [-0.2, 0) is 6.42 Å². The maximum atomic E-state index is 12.6. The van der Waals surface area contributed by atoms with Crippen LogP contribution in [0.15, 0.2) is 36.4 Å². The van der Waals surface area contributed by atoms with Crippen molar-refractivity contribution in [2.45, 2.75) is 32.3 Å². The van der Waals surface area contributed by atoms with E-state index in [2.05, 4.69) is 4.74 Å². The second-order valence-corrected chi connectivity index (χ2v) is 6.98. The van der Waals surface area contributed by atoms with Gasteiger partial charge in [0.2, 0.25) is 0 Å². The summed E-state index contributed by atoms with van der Waals surface area (Å²) in [6, 6.07) is 10.7. The Morgan fingerprint density at radius 1 is 1.07 bits per heavy atom. The molecule has 0 saturated heterocycles. The Hall–Kier alpha value is -2.69. The maximum absolute atomic E-state index is 12.6. The molecule has 0 aliphatic heterocycles. The standard InChI is InChI=1S/C22H20F2O3/c23-22(24)27-19-11-7-14(12-20(19)26-13-15-4-5-15)6-8-16-2-1-3-17-9-10-18(25)21(16)17/h1-3,6-8,11-12,15,22H,4-5,9-10,13H2. The topological polar surface area (TPSA) is 35.5 Å². The van der Waals surface area contributed by atoms with Crippen LogP contribution in [0.2, 0.25) is 0 Å². The van der Waals surface area contributed by atoms with Gasteiger partial charge >= 0.3 is 6.61 Å². The van der Waals surface area contributed by atoms with Gasteiger partial charge in [0.25, 0.3) is 0 Å². The molecule has 2 aromatic carbocycles. The molecule has 0 amide bonds. The number of fused-ring (bicyclic) bond motifs is 1. The van der Waals surface area contributed by atoms with E-state index in [1.807, 2.05) is 30.4 Å². The van der Waals surface area contributed by atoms with Crippen LogP contribution in [0.25, 0.3) is 12.2 Å². The molecule has 0 radical (unpaired) electrons. The van der Waals surface area contributed by atoms with Crippen LogP contribution in [0, 0.1) is 5.92 Å². The number of ether oxygens (including phenoxy) is 2. The normalized spacial score (nSPS) is 16.2. The Balaban J connectivity index is 1.58. The molecule has 2 aliphatic carbocycles. The smallest absolute Gasteiger partial charge is 0.387 e. The summed E-state index contributed by atoms with van der Waals surface area (Å²) in [5.74, 6) is 1.03. The molecule has 0 aromatic heterocycles. The van der Waals surface area contributed by atoms with E-state index in [1.165, 1.54) is 6.07 Å². The highest BCUT2D eigenvalue weighted by Gasteiger charge is 2.23. The van der Waals surface area contributed by atoms with Crippen LogP contribution in [-0.4, -0.2) is 19.0 Å². The zero-order valence-electron chi connectivity index (χ0n) is 14.8. The lowest BCUT2D eigenvalue weighted by Crippen LogP contribution is -2.06. The van der Waals surface area contributed by atoms with E-state index in [9.17, 15) is 13.6 Å². The van der Waals surface area contributed by atoms with E-state index in [0.29, 0.717) is 24.7 Å². The van der Waals surface area contributed by atoms with Crippen molar-refractivity contribution in [2.24, 2.45) is 5.92 Å². The lowest BCUT2D eigenvalue weighted by atomic mass is 10.0. The fourth-order valence-corrected chi connectivity index (χ4v) is 3.29. The molecular formula is C22H20F2O3. The molecule has 0 atom stereocenters. The van der Waals surface area contributed by atoms with Gasteiger partial charge < -0.3 is 9.47 Å². The summed E-state index contributed by atoms with van der Waals surface area (Å²) in [6.07, 6.45) is 7.30. The minimum Gasteiger partial charge on any atom is -0.489 e. The van der Waals surface area contributed by atoms with Gasteiger partial charge in [-0.15, -0.1) is 0 Å². The van der Waals surface area contributed by atoms with Gasteiger partial charge in [-0.3, -0.25) is 4.79 Å². The second kappa shape index (κ2) is 7.51. The summed E-state index contributed by atoms with van der Waals surface area (Å²) in [7, 11) is 0. The van der Waals surface area contributed by atoms with E-state index in [0.717, 1.165) is 41.5 Å². The van der Waals surface area contributed by atoms with Gasteiger partial charge in [0.1, 0.15) is 0 Å². The number of alkyl halides is 2. The molecule has 1 fully saturated rings. The predicted octanol–water partition coefficient (Wildman–Crippen LogP) is 5.38. The van der Waals surface area contributed by atoms with E-state index in [1.54, 1.807) is 12.1 Å². The number of Topliss-reactive ketones (excluding diaryl/α,β-unsaturated/α-hetero) is 1. The second-order valence-electron chi connectivity index (χ2n) is 6.98. The molecule has 3 nitrogen and oxygen atoms in total. The zero-order chi connectivity index (χ0) is 18.8.